The highest BCUT2D eigenvalue weighted by Crippen LogP contribution is 2.12. The van der Waals surface area contributed by atoms with Crippen LogP contribution in [0.25, 0.3) is 0 Å². The number of likely N-dealkylation sites (N-methyl/N-ethyl adjacent to an activating group) is 1. The first-order chi connectivity index (χ1) is 20.6. The Morgan fingerprint density at radius 2 is 1.07 bits per heavy atom. The Bertz CT molecular complexity index is 675. The second kappa shape index (κ2) is 41.1. The van der Waals surface area contributed by atoms with Gasteiger partial charge in [0.05, 0.1) is 26.4 Å². The average Bonchev–Trinajstić information content (AvgIpc) is 2.87. The van der Waals surface area contributed by atoms with Crippen molar-refractivity contribution in [2.24, 2.45) is 5.41 Å². The summed E-state index contributed by atoms with van der Waals surface area (Å²) in [6.07, 6.45) is -0.714. The fraction of sp³-hybridized carbons (Fsp3) is 0.833. The van der Waals surface area contributed by atoms with Crippen molar-refractivity contribution < 1.29 is 62.2 Å². The van der Waals surface area contributed by atoms with E-state index in [1.54, 1.807) is 14.0 Å². The molecule has 0 aromatic rings. The molecule has 15 heteroatoms. The van der Waals surface area contributed by atoms with Crippen LogP contribution >= 0.6 is 0 Å². The highest BCUT2D eigenvalue weighted by molar-refractivity contribution is 5.67. The summed E-state index contributed by atoms with van der Waals surface area (Å²) in [6.45, 7) is 17.9. The molecular formula is C30H64N2O13. The smallest absolute Gasteiger partial charge is 0.302 e. The summed E-state index contributed by atoms with van der Waals surface area (Å²) in [5, 5.41) is 11.7. The van der Waals surface area contributed by atoms with Gasteiger partial charge in [0.2, 0.25) is 0 Å². The number of nitrogens with one attached hydrogen (secondary N) is 1. The number of hydrogen-bond acceptors (Lipinski definition) is 15. The number of aliphatic hydroxyl groups is 1. The number of carbonyl (C=O) groups is 5. The summed E-state index contributed by atoms with van der Waals surface area (Å²) in [6, 6.07) is 0. The van der Waals surface area contributed by atoms with Gasteiger partial charge in [0.25, 0.3) is 0 Å². The molecule has 0 saturated carbocycles. The van der Waals surface area contributed by atoms with Gasteiger partial charge in [-0.2, -0.15) is 0 Å². The number of rotatable bonds is 12. The lowest BCUT2D eigenvalue weighted by Crippen LogP contribution is -2.22. The predicted molar refractivity (Wildman–Crippen MR) is 172 cm³/mol. The summed E-state index contributed by atoms with van der Waals surface area (Å²) in [4.78, 5) is 52.4. The summed E-state index contributed by atoms with van der Waals surface area (Å²) >= 11 is 0. The van der Waals surface area contributed by atoms with Crippen LogP contribution in [0.15, 0.2) is 0 Å². The van der Waals surface area contributed by atoms with Crippen molar-refractivity contribution in [2.45, 2.75) is 68.4 Å². The number of esters is 5. The number of ether oxygens (including phenoxy) is 7. The molecule has 0 bridgehead atoms. The fourth-order valence-electron chi connectivity index (χ4n) is 1.54. The van der Waals surface area contributed by atoms with Crippen molar-refractivity contribution in [1.29, 1.82) is 0 Å². The Hall–Kier alpha value is -2.85. The van der Waals surface area contributed by atoms with Gasteiger partial charge >= 0.3 is 29.8 Å². The first kappa shape index (κ1) is 54.6. The third-order valence-corrected chi connectivity index (χ3v) is 3.14. The number of nitrogens with zero attached hydrogens (tertiary/aromatic N) is 1. The number of aliphatic hydroxyl groups excluding tert-OH is 1. The topological polar surface area (TPSA) is 185 Å². The monoisotopic (exact) mass is 660 g/mol. The van der Waals surface area contributed by atoms with E-state index in [4.69, 9.17) is 9.84 Å². The van der Waals surface area contributed by atoms with Crippen LogP contribution < -0.4 is 5.32 Å². The molecular weight excluding hydrogens is 596 g/mol. The molecule has 45 heavy (non-hydrogen) atoms. The summed E-state index contributed by atoms with van der Waals surface area (Å²) in [5.41, 5.74) is 0.0890. The minimum Gasteiger partial charge on any atom is -0.466 e. The molecule has 272 valence electrons. The maximum atomic E-state index is 10.3. The summed E-state index contributed by atoms with van der Waals surface area (Å²) < 4.78 is 32.0. The molecule has 0 aliphatic heterocycles. The van der Waals surface area contributed by atoms with Crippen molar-refractivity contribution in [1.82, 2.24) is 10.2 Å². The highest BCUT2D eigenvalue weighted by Gasteiger charge is 2.11. The number of hydrogen-bond donors (Lipinski definition) is 2. The van der Waals surface area contributed by atoms with Gasteiger partial charge < -0.3 is 48.5 Å². The Kier molecular flexibility index (Phi) is 49.9. The molecule has 15 nitrogen and oxygen atoms in total. The lowest BCUT2D eigenvalue weighted by atomic mass is 9.99. The van der Waals surface area contributed by atoms with Crippen molar-refractivity contribution in [3.63, 3.8) is 0 Å². The molecule has 0 amide bonds. The van der Waals surface area contributed by atoms with E-state index >= 15 is 0 Å². The van der Waals surface area contributed by atoms with Gasteiger partial charge in [0, 0.05) is 55.4 Å². The highest BCUT2D eigenvalue weighted by atomic mass is 16.6. The molecule has 2 N–H and O–H groups in total. The standard InChI is InChI=1S/C7H14O2.C6H12O4.C5H11NO2.C5H10O3.C4H8O2.C3H9N/c1-6(8)9-5-7(2,3)4;1-5(7)10-4-6(8)3-9-2;1-5(7)8-4-3-6-2;1-5(6)8-4-3-7-2;1-3-6-4(2)5;1-4(2)3/h5H2,1-4H3;6,8H,3-4H2,1-2H3;6H,3-4H2,1-2H3;3-4H2,1-2H3;3H2,1-2H3;1-3H3. The van der Waals surface area contributed by atoms with Crippen LogP contribution in [0.3, 0.4) is 0 Å². The Morgan fingerprint density at radius 3 is 1.31 bits per heavy atom. The van der Waals surface area contributed by atoms with Crippen molar-refractivity contribution in [3.05, 3.63) is 0 Å². The molecule has 0 saturated heterocycles. The third-order valence-electron chi connectivity index (χ3n) is 3.14. The normalized spacial score (nSPS) is 9.98. The number of methoxy groups -OCH3 is 2. The fourth-order valence-corrected chi connectivity index (χ4v) is 1.54. The minimum atomic E-state index is -0.714. The summed E-state index contributed by atoms with van der Waals surface area (Å²) in [5.74, 6) is -1.29. The van der Waals surface area contributed by atoms with Gasteiger partial charge in [-0.25, -0.2) is 0 Å². The quantitative estimate of drug-likeness (QED) is 0.175. The zero-order valence-electron chi connectivity index (χ0n) is 30.5. The van der Waals surface area contributed by atoms with Crippen LogP contribution in [0.5, 0.6) is 0 Å². The predicted octanol–water partition coefficient (Wildman–Crippen LogP) is 1.86. The molecule has 1 unspecified atom stereocenters. The lowest BCUT2D eigenvalue weighted by Gasteiger charge is -2.16. The van der Waals surface area contributed by atoms with Gasteiger partial charge in [-0.05, 0) is 40.5 Å². The SMILES string of the molecule is CC(=O)OCC(C)(C)C.CCOC(C)=O.CN(C)C.CNCCOC(C)=O.COCC(O)COC(C)=O.COCCOC(C)=O. The van der Waals surface area contributed by atoms with E-state index in [-0.39, 0.29) is 42.5 Å². The van der Waals surface area contributed by atoms with Crippen LogP contribution in [0.1, 0.15) is 62.3 Å². The molecule has 0 fully saturated rings. The Balaban J connectivity index is -0.000000103. The molecule has 0 aliphatic rings. The first-order valence-corrected chi connectivity index (χ1v) is 14.2. The van der Waals surface area contributed by atoms with Crippen LogP contribution in [-0.4, -0.2) is 141 Å². The first-order valence-electron chi connectivity index (χ1n) is 14.2. The van der Waals surface area contributed by atoms with Crippen LogP contribution in [-0.2, 0) is 57.1 Å². The van der Waals surface area contributed by atoms with E-state index in [1.165, 1.54) is 41.7 Å². The summed E-state index contributed by atoms with van der Waals surface area (Å²) in [7, 11) is 10.8. The Morgan fingerprint density at radius 1 is 0.667 bits per heavy atom. The zero-order valence-corrected chi connectivity index (χ0v) is 30.5. The van der Waals surface area contributed by atoms with E-state index in [2.05, 4.69) is 33.7 Å². The van der Waals surface area contributed by atoms with E-state index in [0.717, 1.165) is 6.54 Å². The maximum Gasteiger partial charge on any atom is 0.302 e. The van der Waals surface area contributed by atoms with Gasteiger partial charge in [-0.15, -0.1) is 0 Å². The van der Waals surface area contributed by atoms with Crippen molar-refractivity contribution in [2.75, 3.05) is 95.2 Å². The van der Waals surface area contributed by atoms with Gasteiger partial charge in [0.15, 0.2) is 0 Å². The van der Waals surface area contributed by atoms with Crippen molar-refractivity contribution in [3.8, 4) is 0 Å². The molecule has 0 heterocycles. The molecule has 0 aromatic heterocycles. The second-order valence-electron chi connectivity index (χ2n) is 10.3. The van der Waals surface area contributed by atoms with Crippen LogP contribution in [0.4, 0.5) is 0 Å². The lowest BCUT2D eigenvalue weighted by molar-refractivity contribution is -0.145. The maximum absolute atomic E-state index is 10.3. The zero-order chi connectivity index (χ0) is 36.9. The molecule has 0 radical (unpaired) electrons. The Labute approximate surface area is 271 Å². The van der Waals surface area contributed by atoms with Crippen molar-refractivity contribution >= 4 is 29.8 Å². The van der Waals surface area contributed by atoms with E-state index in [1.807, 2.05) is 53.9 Å². The molecule has 0 rings (SSSR count). The molecule has 0 spiro atoms. The largest absolute Gasteiger partial charge is 0.466 e. The van der Waals surface area contributed by atoms with E-state index in [9.17, 15) is 24.0 Å². The third kappa shape index (κ3) is 108. The van der Waals surface area contributed by atoms with Crippen LogP contribution in [0.2, 0.25) is 0 Å². The minimum absolute atomic E-state index is 0.00315. The van der Waals surface area contributed by atoms with E-state index < -0.39 is 12.1 Å². The number of carbonyl (C=O) groups excluding carboxylic acids is 5. The van der Waals surface area contributed by atoms with E-state index in [0.29, 0.717) is 33.0 Å². The molecule has 1 atom stereocenters. The van der Waals surface area contributed by atoms with Gasteiger partial charge in [-0.3, -0.25) is 24.0 Å². The van der Waals surface area contributed by atoms with Gasteiger partial charge in [0.1, 0.15) is 25.9 Å². The second-order valence-corrected chi connectivity index (χ2v) is 10.3. The van der Waals surface area contributed by atoms with Crippen LogP contribution in [0, 0.1) is 5.41 Å². The average molecular weight is 661 g/mol. The molecule has 0 aliphatic carbocycles. The molecule has 0 aromatic carbocycles. The van der Waals surface area contributed by atoms with Gasteiger partial charge in [-0.1, -0.05) is 20.8 Å².